The molecule has 1 aromatic carbocycles. The number of hydrogen-bond donors (Lipinski definition) is 2. The van der Waals surface area contributed by atoms with Crippen LogP contribution in [0.2, 0.25) is 10.0 Å². The van der Waals surface area contributed by atoms with E-state index in [1.54, 1.807) is 30.5 Å². The molecule has 1 heterocycles. The molecule has 3 N–H and O–H groups in total. The summed E-state index contributed by atoms with van der Waals surface area (Å²) in [5, 5.41) is 12.7. The van der Waals surface area contributed by atoms with Crippen molar-refractivity contribution in [3.8, 4) is 0 Å². The quantitative estimate of drug-likeness (QED) is 0.393. The summed E-state index contributed by atoms with van der Waals surface area (Å²) in [4.78, 5) is 5.80. The minimum atomic E-state index is -0.0302. The smallest absolute Gasteiger partial charge is 0.188 e. The topological polar surface area (TPSA) is 71.5 Å². The van der Waals surface area contributed by atoms with E-state index in [0.29, 0.717) is 15.7 Å². The molecule has 2 aromatic rings. The molecule has 1 aromatic heterocycles. The zero-order valence-electron chi connectivity index (χ0n) is 9.55. The highest BCUT2D eigenvalue weighted by molar-refractivity contribution is 7.99. The van der Waals surface area contributed by atoms with Gasteiger partial charge in [-0.25, -0.2) is 0 Å². The third kappa shape index (κ3) is 3.53. The fourth-order valence-electron chi connectivity index (χ4n) is 1.33. The van der Waals surface area contributed by atoms with Crippen LogP contribution in [0, 0.1) is 0 Å². The molecule has 0 saturated carbocycles. The number of benzene rings is 1. The molecule has 98 valence electrons. The molecule has 0 fully saturated rings. The Kier molecular flexibility index (Phi) is 4.52. The summed E-state index contributed by atoms with van der Waals surface area (Å²) in [6.45, 7) is 0. The number of hydrogen-bond acceptors (Lipinski definition) is 4. The highest BCUT2D eigenvalue weighted by Gasteiger charge is 2.06. The summed E-state index contributed by atoms with van der Waals surface area (Å²) >= 11 is 13.4. The van der Waals surface area contributed by atoms with Crippen molar-refractivity contribution in [3.05, 3.63) is 52.3 Å². The van der Waals surface area contributed by atoms with Crippen LogP contribution in [-0.4, -0.2) is 16.0 Å². The first-order chi connectivity index (χ1) is 9.10. The number of oxime groups is 1. The van der Waals surface area contributed by atoms with E-state index in [1.165, 1.54) is 11.8 Å². The van der Waals surface area contributed by atoms with Crippen molar-refractivity contribution in [2.75, 3.05) is 0 Å². The molecule has 0 aliphatic carbocycles. The van der Waals surface area contributed by atoms with E-state index < -0.39 is 0 Å². The molecule has 4 nitrogen and oxygen atoms in total. The van der Waals surface area contributed by atoms with Gasteiger partial charge in [-0.1, -0.05) is 40.1 Å². The SMILES string of the molecule is N/C(=N/O)c1ccc(Sc2cc(Cl)ccc2Cl)cn1. The van der Waals surface area contributed by atoms with Crippen LogP contribution in [0.5, 0.6) is 0 Å². The van der Waals surface area contributed by atoms with Crippen molar-refractivity contribution < 1.29 is 5.21 Å². The first kappa shape index (κ1) is 14.0. The van der Waals surface area contributed by atoms with E-state index in [0.717, 1.165) is 9.79 Å². The van der Waals surface area contributed by atoms with Crippen molar-refractivity contribution in [1.82, 2.24) is 4.98 Å². The maximum atomic E-state index is 8.55. The lowest BCUT2D eigenvalue weighted by atomic mass is 10.3. The molecule has 0 saturated heterocycles. The van der Waals surface area contributed by atoms with Crippen molar-refractivity contribution in [2.24, 2.45) is 10.9 Å². The number of halogens is 2. The van der Waals surface area contributed by atoms with Crippen molar-refractivity contribution in [1.29, 1.82) is 0 Å². The van der Waals surface area contributed by atoms with E-state index in [-0.39, 0.29) is 5.84 Å². The van der Waals surface area contributed by atoms with Crippen LogP contribution in [0.15, 0.2) is 51.5 Å². The van der Waals surface area contributed by atoms with Crippen LogP contribution < -0.4 is 5.73 Å². The first-order valence-corrected chi connectivity index (χ1v) is 6.74. The van der Waals surface area contributed by atoms with Gasteiger partial charge in [-0.2, -0.15) is 0 Å². The fraction of sp³-hybridized carbons (Fsp3) is 0. The maximum Gasteiger partial charge on any atom is 0.188 e. The molecule has 7 heteroatoms. The molecule has 0 spiro atoms. The van der Waals surface area contributed by atoms with Crippen LogP contribution in [0.1, 0.15) is 5.69 Å². The minimum absolute atomic E-state index is 0.0302. The van der Waals surface area contributed by atoms with E-state index in [9.17, 15) is 0 Å². The minimum Gasteiger partial charge on any atom is -0.409 e. The first-order valence-electron chi connectivity index (χ1n) is 5.17. The molecule has 0 amide bonds. The van der Waals surface area contributed by atoms with Gasteiger partial charge in [0.2, 0.25) is 0 Å². The second-order valence-corrected chi connectivity index (χ2v) is 5.50. The van der Waals surface area contributed by atoms with Gasteiger partial charge in [0.1, 0.15) is 5.69 Å². The van der Waals surface area contributed by atoms with Crippen molar-refractivity contribution in [2.45, 2.75) is 9.79 Å². The Bertz CT molecular complexity index is 617. The normalized spacial score (nSPS) is 11.6. The van der Waals surface area contributed by atoms with Crippen LogP contribution in [0.4, 0.5) is 0 Å². The van der Waals surface area contributed by atoms with Gasteiger partial charge in [0.05, 0.1) is 5.02 Å². The maximum absolute atomic E-state index is 8.55. The Morgan fingerprint density at radius 2 is 2.05 bits per heavy atom. The number of rotatable bonds is 3. The van der Waals surface area contributed by atoms with E-state index in [4.69, 9.17) is 34.1 Å². The van der Waals surface area contributed by atoms with E-state index >= 15 is 0 Å². The molecule has 0 atom stereocenters. The second-order valence-electron chi connectivity index (χ2n) is 3.54. The van der Waals surface area contributed by atoms with Gasteiger partial charge in [0, 0.05) is 21.0 Å². The highest BCUT2D eigenvalue weighted by atomic mass is 35.5. The molecular formula is C12H9Cl2N3OS. The van der Waals surface area contributed by atoms with Crippen LogP contribution in [-0.2, 0) is 0 Å². The lowest BCUT2D eigenvalue weighted by Gasteiger charge is -2.05. The summed E-state index contributed by atoms with van der Waals surface area (Å²) in [7, 11) is 0. The molecule has 0 aliphatic rings. The molecule has 0 aliphatic heterocycles. The molecular weight excluding hydrogens is 305 g/mol. The third-order valence-electron chi connectivity index (χ3n) is 2.23. The van der Waals surface area contributed by atoms with Gasteiger partial charge in [-0.05, 0) is 30.3 Å². The van der Waals surface area contributed by atoms with Gasteiger partial charge in [-0.15, -0.1) is 0 Å². The average Bonchev–Trinajstić information content (AvgIpc) is 2.43. The fourth-order valence-corrected chi connectivity index (χ4v) is 2.64. The van der Waals surface area contributed by atoms with Crippen LogP contribution in [0.25, 0.3) is 0 Å². The summed E-state index contributed by atoms with van der Waals surface area (Å²) in [6, 6.07) is 8.72. The van der Waals surface area contributed by atoms with Gasteiger partial charge in [-0.3, -0.25) is 4.98 Å². The Hall–Kier alpha value is -1.43. The Morgan fingerprint density at radius 1 is 1.26 bits per heavy atom. The van der Waals surface area contributed by atoms with Gasteiger partial charge in [0.15, 0.2) is 5.84 Å². The Balaban J connectivity index is 2.22. The predicted octanol–water partition coefficient (Wildman–Crippen LogP) is 3.63. The molecule has 0 radical (unpaired) electrons. The van der Waals surface area contributed by atoms with Crippen LogP contribution in [0.3, 0.4) is 0 Å². The Morgan fingerprint density at radius 3 is 2.68 bits per heavy atom. The third-order valence-corrected chi connectivity index (χ3v) is 3.94. The number of amidine groups is 1. The lowest BCUT2D eigenvalue weighted by Crippen LogP contribution is -2.14. The van der Waals surface area contributed by atoms with Gasteiger partial charge >= 0.3 is 0 Å². The zero-order chi connectivity index (χ0) is 13.8. The van der Waals surface area contributed by atoms with Gasteiger partial charge in [0.25, 0.3) is 0 Å². The molecule has 2 rings (SSSR count). The Labute approximate surface area is 124 Å². The molecule has 0 bridgehead atoms. The van der Waals surface area contributed by atoms with Crippen molar-refractivity contribution >= 4 is 40.8 Å². The average molecular weight is 314 g/mol. The summed E-state index contributed by atoms with van der Waals surface area (Å²) in [6.07, 6.45) is 1.62. The van der Waals surface area contributed by atoms with E-state index in [2.05, 4.69) is 10.1 Å². The van der Waals surface area contributed by atoms with Gasteiger partial charge < -0.3 is 10.9 Å². The van der Waals surface area contributed by atoms with E-state index in [1.807, 2.05) is 6.07 Å². The van der Waals surface area contributed by atoms with Crippen molar-refractivity contribution in [3.63, 3.8) is 0 Å². The largest absolute Gasteiger partial charge is 0.409 e. The highest BCUT2D eigenvalue weighted by Crippen LogP contribution is 2.34. The molecule has 19 heavy (non-hydrogen) atoms. The zero-order valence-corrected chi connectivity index (χ0v) is 11.9. The monoisotopic (exact) mass is 313 g/mol. The predicted molar refractivity (Wildman–Crippen MR) is 77.3 cm³/mol. The number of nitrogens with two attached hydrogens (primary N) is 1. The summed E-state index contributed by atoms with van der Waals surface area (Å²) in [5.74, 6) is -0.0302. The summed E-state index contributed by atoms with van der Waals surface area (Å²) < 4.78 is 0. The second kappa shape index (κ2) is 6.14. The standard InChI is InChI=1S/C12H9Cl2N3OS/c13-7-1-3-9(14)11(5-7)19-8-2-4-10(16-6-8)12(15)17-18/h1-6,18H,(H2,15,17). The number of aromatic nitrogens is 1. The summed E-state index contributed by atoms with van der Waals surface area (Å²) in [5.41, 5.74) is 5.84. The van der Waals surface area contributed by atoms with Crippen LogP contribution >= 0.6 is 35.0 Å². The number of nitrogens with zero attached hydrogens (tertiary/aromatic N) is 2. The number of pyridine rings is 1. The molecule has 0 unspecified atom stereocenters. The lowest BCUT2D eigenvalue weighted by molar-refractivity contribution is 0.318.